The molecular formula is C62H58Cl2N8O6. The fourth-order valence-electron chi connectivity index (χ4n) is 8.82. The van der Waals surface area contributed by atoms with E-state index in [1.165, 1.54) is 12.4 Å². The summed E-state index contributed by atoms with van der Waals surface area (Å²) >= 11 is 13.9. The third kappa shape index (κ3) is 14.9. The van der Waals surface area contributed by atoms with Crippen LogP contribution in [0.25, 0.3) is 11.1 Å². The molecule has 0 aliphatic rings. The second-order valence-electron chi connectivity index (χ2n) is 18.6. The quantitative estimate of drug-likeness (QED) is 0.0321. The molecule has 8 rings (SSSR count). The summed E-state index contributed by atoms with van der Waals surface area (Å²) in [5.41, 5.74) is 23.4. The normalized spacial score (nSPS) is 11.7. The molecule has 16 heteroatoms. The maximum Gasteiger partial charge on any atom is 0.234 e. The van der Waals surface area contributed by atoms with Crippen molar-refractivity contribution in [2.45, 2.75) is 78.3 Å². The van der Waals surface area contributed by atoms with Gasteiger partial charge in [-0.25, -0.2) is 0 Å². The zero-order chi connectivity index (χ0) is 55.0. The lowest BCUT2D eigenvalue weighted by molar-refractivity contribution is -0.120. The molecule has 2 unspecified atom stereocenters. The highest BCUT2D eigenvalue weighted by Gasteiger charge is 2.21. The first kappa shape index (κ1) is 55.6. The summed E-state index contributed by atoms with van der Waals surface area (Å²) in [6.07, 6.45) is 8.42. The van der Waals surface area contributed by atoms with Crippen molar-refractivity contribution in [1.29, 1.82) is 10.7 Å². The summed E-state index contributed by atoms with van der Waals surface area (Å²) in [7, 11) is 0. The van der Waals surface area contributed by atoms with E-state index in [4.69, 9.17) is 59.0 Å². The van der Waals surface area contributed by atoms with Crippen LogP contribution in [0.3, 0.4) is 0 Å². The molecule has 0 fully saturated rings. The highest BCUT2D eigenvalue weighted by molar-refractivity contribution is 6.32. The van der Waals surface area contributed by atoms with Gasteiger partial charge in [-0.1, -0.05) is 120 Å². The first-order valence-corrected chi connectivity index (χ1v) is 25.9. The van der Waals surface area contributed by atoms with E-state index in [1.54, 1.807) is 48.9 Å². The van der Waals surface area contributed by atoms with Crippen molar-refractivity contribution in [3.05, 3.63) is 235 Å². The number of nitriles is 1. The van der Waals surface area contributed by atoms with Crippen molar-refractivity contribution in [3.63, 3.8) is 0 Å². The number of ether oxygens (including phenoxy) is 4. The van der Waals surface area contributed by atoms with Crippen LogP contribution in [0, 0.1) is 30.6 Å². The van der Waals surface area contributed by atoms with E-state index in [9.17, 15) is 14.9 Å². The van der Waals surface area contributed by atoms with Crippen LogP contribution in [-0.2, 0) is 61.9 Å². The molecule has 78 heavy (non-hydrogen) atoms. The van der Waals surface area contributed by atoms with Gasteiger partial charge in [-0.05, 0) is 95.5 Å². The lowest BCUT2D eigenvalue weighted by Crippen LogP contribution is -2.42. The molecule has 396 valence electrons. The molecule has 0 aliphatic heterocycles. The molecule has 2 atom stereocenters. The Morgan fingerprint density at radius 2 is 1.01 bits per heavy atom. The van der Waals surface area contributed by atoms with Crippen LogP contribution in [0.15, 0.2) is 158 Å². The standard InChI is InChI=1S/C62H58Cl2N8O6/c1-39-47(37-77-59-25-57(75-35-45-19-43(27-65)29-69-31-45)49(23-53(59)63)33-71-55(61(67)73)21-41-11-5-3-6-12-41)15-9-17-51(39)52-18-10-16-48(40(52)2)38-78-60-26-58(76-36-46-20-44(28-66)30-70-32-46)50(24-54(60)64)34-72-56(62(68)74)22-42-13-7-4-8-14-42/h3-20,23-27,29-32,55-56,65,71-72H,21-22,33-38H2,1-2H3,(H2,67,73)(H2,68,74). The molecule has 2 heterocycles. The number of hydrogen-bond donors (Lipinski definition) is 5. The van der Waals surface area contributed by atoms with Crippen LogP contribution < -0.4 is 41.0 Å². The summed E-state index contributed by atoms with van der Waals surface area (Å²) in [5.74, 6) is 0.750. The number of amides is 2. The second-order valence-corrected chi connectivity index (χ2v) is 19.4. The van der Waals surface area contributed by atoms with Crippen molar-refractivity contribution < 1.29 is 28.5 Å². The summed E-state index contributed by atoms with van der Waals surface area (Å²) in [5, 5.41) is 24.4. The number of nitrogens with one attached hydrogen (secondary N) is 3. The van der Waals surface area contributed by atoms with Gasteiger partial charge in [-0.3, -0.25) is 19.6 Å². The number of pyridine rings is 2. The molecule has 0 aliphatic carbocycles. The SMILES string of the molecule is Cc1c(COc2cc(OCc3cncc(C#N)c3)c(CNC(Cc3ccccc3)C(N)=O)cc2Cl)cccc1-c1cccc(COc2cc(OCc3cncc(C=N)c3)c(CNC(Cc3ccccc3)C(N)=O)cc2Cl)c1C. The molecule has 2 aromatic heterocycles. The van der Waals surface area contributed by atoms with E-state index in [1.807, 2.05) is 91.0 Å². The molecule has 7 N–H and O–H groups in total. The van der Waals surface area contributed by atoms with Crippen LogP contribution >= 0.6 is 23.2 Å². The zero-order valence-corrected chi connectivity index (χ0v) is 44.6. The minimum Gasteiger partial charge on any atom is -0.488 e. The number of halogens is 2. The number of rotatable bonds is 26. The Labute approximate surface area is 463 Å². The average molecular weight is 1080 g/mol. The Morgan fingerprint density at radius 1 is 0.564 bits per heavy atom. The monoisotopic (exact) mass is 1080 g/mol. The van der Waals surface area contributed by atoms with E-state index >= 15 is 0 Å². The lowest BCUT2D eigenvalue weighted by atomic mass is 9.92. The van der Waals surface area contributed by atoms with E-state index in [0.717, 1.165) is 50.1 Å². The molecule has 6 aromatic carbocycles. The largest absolute Gasteiger partial charge is 0.488 e. The topological polar surface area (TPSA) is 221 Å². The summed E-state index contributed by atoms with van der Waals surface area (Å²) in [4.78, 5) is 33.6. The summed E-state index contributed by atoms with van der Waals surface area (Å²) in [6.45, 7) is 5.17. The highest BCUT2D eigenvalue weighted by Crippen LogP contribution is 2.38. The van der Waals surface area contributed by atoms with E-state index in [-0.39, 0.29) is 39.5 Å². The van der Waals surface area contributed by atoms with Crippen molar-refractivity contribution >= 4 is 41.2 Å². The smallest absolute Gasteiger partial charge is 0.234 e. The van der Waals surface area contributed by atoms with Gasteiger partial charge >= 0.3 is 0 Å². The van der Waals surface area contributed by atoms with Crippen molar-refractivity contribution in [2.75, 3.05) is 0 Å². The van der Waals surface area contributed by atoms with Crippen molar-refractivity contribution in [1.82, 2.24) is 20.6 Å². The molecule has 8 aromatic rings. The number of aromatic nitrogens is 2. The first-order valence-electron chi connectivity index (χ1n) is 25.1. The second kappa shape index (κ2) is 27.0. The first-order chi connectivity index (χ1) is 37.8. The van der Waals surface area contributed by atoms with Gasteiger partial charge in [0, 0.05) is 84.0 Å². The number of carbonyl (C=O) groups is 2. The van der Waals surface area contributed by atoms with Gasteiger partial charge < -0.3 is 46.5 Å². The minimum atomic E-state index is -0.666. The molecule has 0 saturated carbocycles. The van der Waals surface area contributed by atoms with Crippen molar-refractivity contribution in [2.24, 2.45) is 11.5 Å². The van der Waals surface area contributed by atoms with Gasteiger partial charge in [0.15, 0.2) is 0 Å². The Hall–Kier alpha value is -8.58. The maximum atomic E-state index is 12.6. The summed E-state index contributed by atoms with van der Waals surface area (Å²) in [6, 6.07) is 42.7. The molecule has 14 nitrogen and oxygen atoms in total. The van der Waals surface area contributed by atoms with Crippen LogP contribution in [0.2, 0.25) is 10.0 Å². The molecule has 0 radical (unpaired) electrons. The third-order valence-electron chi connectivity index (χ3n) is 13.2. The molecule has 0 saturated heterocycles. The van der Waals surface area contributed by atoms with Gasteiger partial charge in [-0.2, -0.15) is 5.26 Å². The molecule has 0 spiro atoms. The number of nitrogens with zero attached hydrogens (tertiary/aromatic N) is 3. The van der Waals surface area contributed by atoms with Gasteiger partial charge in [0.25, 0.3) is 0 Å². The Kier molecular flexibility index (Phi) is 19.2. The molecule has 0 bridgehead atoms. The zero-order valence-electron chi connectivity index (χ0n) is 43.1. The number of nitrogens with two attached hydrogens (primary N) is 2. The number of benzene rings is 6. The molecular weight excluding hydrogens is 1020 g/mol. The summed E-state index contributed by atoms with van der Waals surface area (Å²) < 4.78 is 25.7. The van der Waals surface area contributed by atoms with E-state index in [0.29, 0.717) is 73.7 Å². The van der Waals surface area contributed by atoms with Gasteiger partial charge in [-0.15, -0.1) is 0 Å². The minimum absolute atomic E-state index is 0.105. The van der Waals surface area contributed by atoms with E-state index < -0.39 is 23.9 Å². The number of primary amides is 2. The van der Waals surface area contributed by atoms with Gasteiger partial charge in [0.2, 0.25) is 11.8 Å². The van der Waals surface area contributed by atoms with Gasteiger partial charge in [0.1, 0.15) is 55.5 Å². The number of hydrogen-bond acceptors (Lipinski definition) is 12. The third-order valence-corrected chi connectivity index (χ3v) is 13.8. The Balaban J connectivity index is 0.992. The maximum absolute atomic E-state index is 12.6. The fraction of sp³-hybridized carbons (Fsp3) is 0.194. The Bertz CT molecular complexity index is 3450. The average Bonchev–Trinajstić information content (AvgIpc) is 3.46. The van der Waals surface area contributed by atoms with Gasteiger partial charge in [0.05, 0.1) is 27.7 Å². The predicted molar refractivity (Wildman–Crippen MR) is 303 cm³/mol. The molecule has 2 amide bonds. The van der Waals surface area contributed by atoms with E-state index in [2.05, 4.69) is 52.7 Å². The van der Waals surface area contributed by atoms with Crippen LogP contribution in [0.5, 0.6) is 23.0 Å². The fourth-order valence-corrected chi connectivity index (χ4v) is 9.30. The van der Waals surface area contributed by atoms with Crippen LogP contribution in [0.4, 0.5) is 0 Å². The van der Waals surface area contributed by atoms with Crippen LogP contribution in [0.1, 0.15) is 66.8 Å². The van der Waals surface area contributed by atoms with Crippen molar-refractivity contribution in [3.8, 4) is 40.2 Å². The predicted octanol–water partition coefficient (Wildman–Crippen LogP) is 10.6. The number of carbonyl (C=O) groups excluding carboxylic acids is 2. The van der Waals surface area contributed by atoms with Crippen LogP contribution in [-0.4, -0.2) is 40.1 Å². The Morgan fingerprint density at radius 3 is 1.46 bits per heavy atom. The highest BCUT2D eigenvalue weighted by atomic mass is 35.5. The lowest BCUT2D eigenvalue weighted by Gasteiger charge is -2.20.